The maximum Gasteiger partial charge on any atom is 0.123 e. The van der Waals surface area contributed by atoms with Crippen LogP contribution in [0.5, 0.6) is 5.75 Å². The van der Waals surface area contributed by atoms with Gasteiger partial charge in [-0.25, -0.2) is 0 Å². The number of nitrogens with one attached hydrogen (secondary N) is 1. The predicted octanol–water partition coefficient (Wildman–Crippen LogP) is 2.29. The molecule has 100 valence electrons. The fourth-order valence-electron chi connectivity index (χ4n) is 2.35. The van der Waals surface area contributed by atoms with Gasteiger partial charge in [-0.05, 0) is 44.8 Å². The number of ether oxygens (including phenoxy) is 1. The molecule has 1 aromatic carbocycles. The Kier molecular flexibility index (Phi) is 4.65. The Balaban J connectivity index is 1.81. The number of hydrogen-bond donors (Lipinski definition) is 1. The van der Waals surface area contributed by atoms with Crippen molar-refractivity contribution >= 4 is 15.9 Å². The van der Waals surface area contributed by atoms with Gasteiger partial charge in [-0.15, -0.1) is 0 Å². The average molecular weight is 313 g/mol. The summed E-state index contributed by atoms with van der Waals surface area (Å²) in [5.41, 5.74) is 1.30. The van der Waals surface area contributed by atoms with E-state index in [1.807, 2.05) is 12.1 Å². The molecule has 0 saturated carbocycles. The van der Waals surface area contributed by atoms with E-state index < -0.39 is 0 Å². The molecule has 0 aliphatic carbocycles. The molecule has 0 radical (unpaired) electrons. The van der Waals surface area contributed by atoms with Gasteiger partial charge in [0.2, 0.25) is 0 Å². The Bertz CT molecular complexity index is 409. The molecule has 0 aromatic heterocycles. The van der Waals surface area contributed by atoms with Gasteiger partial charge in [0.1, 0.15) is 11.9 Å². The fourth-order valence-corrected chi connectivity index (χ4v) is 2.76. The molecule has 3 nitrogen and oxygen atoms in total. The van der Waals surface area contributed by atoms with Gasteiger partial charge < -0.3 is 15.0 Å². The Hall–Kier alpha value is -0.580. The van der Waals surface area contributed by atoms with Gasteiger partial charge in [0, 0.05) is 30.0 Å². The number of likely N-dealkylation sites (N-methyl/N-ethyl adjacent to an activating group) is 1. The summed E-state index contributed by atoms with van der Waals surface area (Å²) in [6, 6.07) is 6.71. The number of fused-ring (bicyclic) bond motifs is 1. The third-order valence-corrected chi connectivity index (χ3v) is 3.59. The van der Waals surface area contributed by atoms with Crippen molar-refractivity contribution < 1.29 is 4.74 Å². The van der Waals surface area contributed by atoms with Crippen molar-refractivity contribution in [3.8, 4) is 5.75 Å². The zero-order valence-corrected chi connectivity index (χ0v) is 12.8. The van der Waals surface area contributed by atoms with E-state index in [0.29, 0.717) is 6.04 Å². The lowest BCUT2D eigenvalue weighted by Gasteiger charge is -2.20. The molecule has 0 fully saturated rings. The average Bonchev–Trinajstić information content (AvgIpc) is 2.67. The summed E-state index contributed by atoms with van der Waals surface area (Å²) >= 11 is 3.50. The second kappa shape index (κ2) is 6.04. The maximum atomic E-state index is 5.92. The highest BCUT2D eigenvalue weighted by molar-refractivity contribution is 9.10. The SMILES string of the molecule is CC(CN(C)C)NCC1Cc2cc(Br)ccc2O1. The van der Waals surface area contributed by atoms with Crippen molar-refractivity contribution in [1.29, 1.82) is 0 Å². The molecule has 2 rings (SSSR count). The number of halogens is 1. The molecule has 1 heterocycles. The normalized spacial score (nSPS) is 19.7. The lowest BCUT2D eigenvalue weighted by atomic mass is 10.1. The van der Waals surface area contributed by atoms with Crippen LogP contribution in [0.1, 0.15) is 12.5 Å². The molecule has 0 saturated heterocycles. The van der Waals surface area contributed by atoms with Crippen LogP contribution in [0.4, 0.5) is 0 Å². The first-order valence-electron chi connectivity index (χ1n) is 6.38. The summed E-state index contributed by atoms with van der Waals surface area (Å²) in [7, 11) is 4.19. The molecule has 1 aromatic rings. The highest BCUT2D eigenvalue weighted by atomic mass is 79.9. The molecule has 4 heteroatoms. The van der Waals surface area contributed by atoms with Crippen LogP contribution < -0.4 is 10.1 Å². The Labute approximate surface area is 118 Å². The highest BCUT2D eigenvalue weighted by Gasteiger charge is 2.23. The molecule has 0 amide bonds. The van der Waals surface area contributed by atoms with Crippen LogP contribution in [0.15, 0.2) is 22.7 Å². The molecule has 1 aliphatic heterocycles. The van der Waals surface area contributed by atoms with E-state index in [4.69, 9.17) is 4.74 Å². The van der Waals surface area contributed by atoms with E-state index in [2.05, 4.69) is 53.2 Å². The van der Waals surface area contributed by atoms with Crippen LogP contribution in [0.25, 0.3) is 0 Å². The second-order valence-corrected chi connectivity index (χ2v) is 6.18. The molecular formula is C14H21BrN2O. The molecule has 0 spiro atoms. The summed E-state index contributed by atoms with van der Waals surface area (Å²) in [4.78, 5) is 2.19. The van der Waals surface area contributed by atoms with Crippen molar-refractivity contribution in [2.24, 2.45) is 0 Å². The highest BCUT2D eigenvalue weighted by Crippen LogP contribution is 2.30. The minimum atomic E-state index is 0.263. The monoisotopic (exact) mass is 312 g/mol. The molecule has 0 bridgehead atoms. The van der Waals surface area contributed by atoms with Gasteiger partial charge in [-0.2, -0.15) is 0 Å². The van der Waals surface area contributed by atoms with E-state index >= 15 is 0 Å². The zero-order chi connectivity index (χ0) is 13.1. The zero-order valence-electron chi connectivity index (χ0n) is 11.2. The van der Waals surface area contributed by atoms with Crippen molar-refractivity contribution in [3.63, 3.8) is 0 Å². The molecule has 2 unspecified atom stereocenters. The van der Waals surface area contributed by atoms with Gasteiger partial charge in [0.05, 0.1) is 0 Å². The first kappa shape index (κ1) is 13.8. The third-order valence-electron chi connectivity index (χ3n) is 3.10. The summed E-state index contributed by atoms with van der Waals surface area (Å²) in [6.45, 7) is 4.16. The summed E-state index contributed by atoms with van der Waals surface area (Å²) < 4.78 is 7.04. The van der Waals surface area contributed by atoms with Crippen LogP contribution in [-0.2, 0) is 6.42 Å². The third kappa shape index (κ3) is 3.70. The smallest absolute Gasteiger partial charge is 0.123 e. The van der Waals surface area contributed by atoms with Crippen molar-refractivity contribution in [2.45, 2.75) is 25.5 Å². The van der Waals surface area contributed by atoms with E-state index in [1.165, 1.54) is 5.56 Å². The van der Waals surface area contributed by atoms with Crippen LogP contribution in [0, 0.1) is 0 Å². The van der Waals surface area contributed by atoms with Gasteiger partial charge in [-0.1, -0.05) is 15.9 Å². The molecule has 18 heavy (non-hydrogen) atoms. The van der Waals surface area contributed by atoms with E-state index in [0.717, 1.165) is 29.7 Å². The molecule has 1 N–H and O–H groups in total. The number of rotatable bonds is 5. The quantitative estimate of drug-likeness (QED) is 0.903. The number of hydrogen-bond acceptors (Lipinski definition) is 3. The predicted molar refractivity (Wildman–Crippen MR) is 78.3 cm³/mol. The maximum absolute atomic E-state index is 5.92. The van der Waals surface area contributed by atoms with Gasteiger partial charge in [-0.3, -0.25) is 0 Å². The van der Waals surface area contributed by atoms with Crippen LogP contribution >= 0.6 is 15.9 Å². The first-order valence-corrected chi connectivity index (χ1v) is 7.17. The van der Waals surface area contributed by atoms with Gasteiger partial charge in [0.25, 0.3) is 0 Å². The Morgan fingerprint density at radius 2 is 2.28 bits per heavy atom. The summed E-state index contributed by atoms with van der Waals surface area (Å²) in [5, 5.41) is 3.53. The van der Waals surface area contributed by atoms with Crippen LogP contribution in [-0.4, -0.2) is 44.2 Å². The van der Waals surface area contributed by atoms with Crippen LogP contribution in [0.2, 0.25) is 0 Å². The molecule has 1 aliphatic rings. The minimum absolute atomic E-state index is 0.263. The van der Waals surface area contributed by atoms with Crippen molar-refractivity contribution in [3.05, 3.63) is 28.2 Å². The Morgan fingerprint density at radius 3 is 3.00 bits per heavy atom. The van der Waals surface area contributed by atoms with E-state index in [-0.39, 0.29) is 6.10 Å². The fraction of sp³-hybridized carbons (Fsp3) is 0.571. The van der Waals surface area contributed by atoms with Crippen molar-refractivity contribution in [2.75, 3.05) is 27.2 Å². The number of nitrogens with zero attached hydrogens (tertiary/aromatic N) is 1. The van der Waals surface area contributed by atoms with E-state index in [1.54, 1.807) is 0 Å². The van der Waals surface area contributed by atoms with E-state index in [9.17, 15) is 0 Å². The van der Waals surface area contributed by atoms with Gasteiger partial charge >= 0.3 is 0 Å². The number of benzene rings is 1. The lowest BCUT2D eigenvalue weighted by Crippen LogP contribution is -2.41. The van der Waals surface area contributed by atoms with Gasteiger partial charge in [0.15, 0.2) is 0 Å². The summed E-state index contributed by atoms with van der Waals surface area (Å²) in [5.74, 6) is 1.03. The van der Waals surface area contributed by atoms with Crippen LogP contribution in [0.3, 0.4) is 0 Å². The Morgan fingerprint density at radius 1 is 1.50 bits per heavy atom. The van der Waals surface area contributed by atoms with Crippen molar-refractivity contribution in [1.82, 2.24) is 10.2 Å². The summed E-state index contributed by atoms with van der Waals surface area (Å²) in [6.07, 6.45) is 1.26. The second-order valence-electron chi connectivity index (χ2n) is 5.27. The molecule has 2 atom stereocenters. The largest absolute Gasteiger partial charge is 0.488 e. The lowest BCUT2D eigenvalue weighted by molar-refractivity contribution is 0.217. The first-order chi connectivity index (χ1) is 8.54. The minimum Gasteiger partial charge on any atom is -0.488 e. The topological polar surface area (TPSA) is 24.5 Å². The molecular weight excluding hydrogens is 292 g/mol. The standard InChI is InChI=1S/C14H21BrN2O/c1-10(9-17(2)3)16-8-13-7-11-6-12(15)4-5-14(11)18-13/h4-6,10,13,16H,7-9H2,1-3H3.